The van der Waals surface area contributed by atoms with Crippen LogP contribution >= 0.6 is 0 Å². The highest BCUT2D eigenvalue weighted by molar-refractivity contribution is 7.92. The number of amides is 1. The zero-order valence-corrected chi connectivity index (χ0v) is 19.8. The van der Waals surface area contributed by atoms with Crippen LogP contribution in [0.2, 0.25) is 0 Å². The van der Waals surface area contributed by atoms with Gasteiger partial charge in [0.2, 0.25) is 0 Å². The molecule has 1 amide bonds. The van der Waals surface area contributed by atoms with Crippen LogP contribution in [0.1, 0.15) is 62.4 Å². The fourth-order valence-corrected chi connectivity index (χ4v) is 7.42. The van der Waals surface area contributed by atoms with Crippen molar-refractivity contribution in [2.45, 2.75) is 68.9 Å². The molecule has 3 aromatic heterocycles. The first-order valence-electron chi connectivity index (χ1n) is 11.9. The van der Waals surface area contributed by atoms with Gasteiger partial charge in [-0.05, 0) is 37.5 Å². The lowest BCUT2D eigenvalue weighted by atomic mass is 10.0. The van der Waals surface area contributed by atoms with Gasteiger partial charge in [0.1, 0.15) is 17.0 Å². The molecule has 0 spiro atoms. The predicted molar refractivity (Wildman–Crippen MR) is 127 cm³/mol. The van der Waals surface area contributed by atoms with Crippen molar-refractivity contribution in [1.82, 2.24) is 18.9 Å². The predicted octanol–water partition coefficient (Wildman–Crippen LogP) is 3.02. The Morgan fingerprint density at radius 2 is 1.88 bits per heavy atom. The van der Waals surface area contributed by atoms with Crippen LogP contribution in [0.25, 0.3) is 16.7 Å². The topological polar surface area (TPSA) is 93.8 Å². The molecule has 1 aliphatic carbocycles. The van der Waals surface area contributed by atoms with Gasteiger partial charge in [-0.2, -0.15) is 0 Å². The largest absolute Gasteiger partial charge is 0.335 e. The minimum Gasteiger partial charge on any atom is -0.335 e. The van der Waals surface area contributed by atoms with Crippen molar-refractivity contribution >= 4 is 32.4 Å². The summed E-state index contributed by atoms with van der Waals surface area (Å²) in [6, 6.07) is 7.00. The average molecular weight is 471 g/mol. The second kappa shape index (κ2) is 8.59. The Hall–Kier alpha value is -2.68. The smallest absolute Gasteiger partial charge is 0.270 e. The van der Waals surface area contributed by atoms with Crippen LogP contribution in [0.5, 0.6) is 0 Å². The van der Waals surface area contributed by atoms with Gasteiger partial charge in [0.05, 0.1) is 15.9 Å². The number of rotatable bonds is 6. The summed E-state index contributed by atoms with van der Waals surface area (Å²) in [7, 11) is -3.22. The maximum absolute atomic E-state index is 13.4. The van der Waals surface area contributed by atoms with Crippen LogP contribution in [0.15, 0.2) is 35.3 Å². The van der Waals surface area contributed by atoms with Crippen LogP contribution < -0.4 is 5.56 Å². The van der Waals surface area contributed by atoms with Crippen LogP contribution in [-0.2, 0) is 16.4 Å². The molecule has 176 valence electrons. The summed E-state index contributed by atoms with van der Waals surface area (Å²) >= 11 is 0. The molecule has 0 bridgehead atoms. The maximum atomic E-state index is 13.4. The van der Waals surface area contributed by atoms with E-state index in [1.54, 1.807) is 29.3 Å². The van der Waals surface area contributed by atoms with Gasteiger partial charge in [-0.15, -0.1) is 0 Å². The first-order valence-corrected chi connectivity index (χ1v) is 13.6. The Bertz CT molecular complexity index is 1360. The minimum atomic E-state index is -3.22. The normalized spacial score (nSPS) is 18.2. The summed E-state index contributed by atoms with van der Waals surface area (Å²) in [4.78, 5) is 32.7. The summed E-state index contributed by atoms with van der Waals surface area (Å²) in [6.45, 7) is 3.10. The molecule has 4 heterocycles. The number of carbonyl (C=O) groups excluding carboxylic acids is 1. The third-order valence-electron chi connectivity index (χ3n) is 7.15. The summed E-state index contributed by atoms with van der Waals surface area (Å²) in [5.41, 5.74) is 1.25. The van der Waals surface area contributed by atoms with Gasteiger partial charge in [0.15, 0.2) is 9.84 Å². The van der Waals surface area contributed by atoms with Gasteiger partial charge >= 0.3 is 0 Å². The molecule has 0 aromatic carbocycles. The van der Waals surface area contributed by atoms with Crippen molar-refractivity contribution in [3.05, 3.63) is 46.5 Å². The molecule has 0 radical (unpaired) electrons. The third kappa shape index (κ3) is 3.76. The number of hydrogen-bond acceptors (Lipinski definition) is 5. The van der Waals surface area contributed by atoms with E-state index in [1.807, 2.05) is 10.6 Å². The van der Waals surface area contributed by atoms with E-state index in [1.165, 1.54) is 4.40 Å². The Kier molecular flexibility index (Phi) is 5.76. The number of unbranched alkanes of at least 4 members (excludes halogenated alkanes) is 1. The number of likely N-dealkylation sites (tertiary alicyclic amines) is 1. The van der Waals surface area contributed by atoms with E-state index in [0.29, 0.717) is 28.9 Å². The molecule has 0 atom stereocenters. The average Bonchev–Trinajstić information content (AvgIpc) is 3.16. The van der Waals surface area contributed by atoms with E-state index in [0.717, 1.165) is 44.9 Å². The lowest BCUT2D eigenvalue weighted by Gasteiger charge is -2.40. The van der Waals surface area contributed by atoms with Crippen molar-refractivity contribution in [2.75, 3.05) is 13.1 Å². The van der Waals surface area contributed by atoms with E-state index in [2.05, 4.69) is 11.9 Å². The zero-order valence-electron chi connectivity index (χ0n) is 18.9. The van der Waals surface area contributed by atoms with E-state index in [-0.39, 0.29) is 29.8 Å². The van der Waals surface area contributed by atoms with Crippen LogP contribution in [0.4, 0.5) is 0 Å². The monoisotopic (exact) mass is 470 g/mol. The molecule has 2 fully saturated rings. The van der Waals surface area contributed by atoms with E-state index < -0.39 is 15.1 Å². The van der Waals surface area contributed by atoms with Gasteiger partial charge in [0, 0.05) is 25.8 Å². The molecule has 0 unspecified atom stereocenters. The summed E-state index contributed by atoms with van der Waals surface area (Å²) < 4.78 is 29.3. The number of fused-ring (bicyclic) bond motifs is 2. The molecule has 9 heteroatoms. The third-order valence-corrected chi connectivity index (χ3v) is 9.78. The first kappa shape index (κ1) is 22.1. The fourth-order valence-electron chi connectivity index (χ4n) is 5.11. The Morgan fingerprint density at radius 3 is 2.61 bits per heavy atom. The highest BCUT2D eigenvalue weighted by atomic mass is 32.2. The summed E-state index contributed by atoms with van der Waals surface area (Å²) in [6.07, 6.45) is 7.96. The number of sulfone groups is 1. The van der Waals surface area contributed by atoms with E-state index >= 15 is 0 Å². The molecular weight excluding hydrogens is 440 g/mol. The van der Waals surface area contributed by atoms with Crippen LogP contribution in [0.3, 0.4) is 0 Å². The molecule has 2 aliphatic rings. The van der Waals surface area contributed by atoms with Crippen molar-refractivity contribution in [2.24, 2.45) is 0 Å². The van der Waals surface area contributed by atoms with Crippen molar-refractivity contribution in [3.8, 4) is 0 Å². The molecule has 3 aromatic rings. The van der Waals surface area contributed by atoms with Gasteiger partial charge in [-0.3, -0.25) is 14.0 Å². The number of aryl methyl sites for hydroxylation is 1. The number of pyridine rings is 1. The highest BCUT2D eigenvalue weighted by Crippen LogP contribution is 2.31. The summed E-state index contributed by atoms with van der Waals surface area (Å²) in [5, 5.41) is -0.337. The second-order valence-electron chi connectivity index (χ2n) is 9.30. The molecule has 1 saturated heterocycles. The van der Waals surface area contributed by atoms with Crippen molar-refractivity contribution < 1.29 is 13.2 Å². The molecule has 5 rings (SSSR count). The Labute approximate surface area is 193 Å². The second-order valence-corrected chi connectivity index (χ2v) is 11.8. The quantitative estimate of drug-likeness (QED) is 0.552. The Morgan fingerprint density at radius 1 is 1.12 bits per heavy atom. The first-order chi connectivity index (χ1) is 15.9. The molecule has 1 saturated carbocycles. The number of nitrogens with zero attached hydrogens (tertiary/aromatic N) is 4. The van der Waals surface area contributed by atoms with E-state index in [4.69, 9.17) is 0 Å². The van der Waals surface area contributed by atoms with Crippen LogP contribution in [0, 0.1) is 0 Å². The number of aromatic nitrogens is 3. The lowest BCUT2D eigenvalue weighted by molar-refractivity contribution is 0.0647. The fraction of sp³-hybridized carbons (Fsp3) is 0.542. The molecular formula is C24H30N4O4S. The van der Waals surface area contributed by atoms with Crippen molar-refractivity contribution in [3.63, 3.8) is 0 Å². The Balaban J connectivity index is 1.45. The van der Waals surface area contributed by atoms with Gasteiger partial charge < -0.3 is 9.47 Å². The molecule has 33 heavy (non-hydrogen) atoms. The maximum Gasteiger partial charge on any atom is 0.270 e. The summed E-state index contributed by atoms with van der Waals surface area (Å²) in [5.74, 6) is -0.229. The lowest BCUT2D eigenvalue weighted by Crippen LogP contribution is -2.59. The molecule has 1 aliphatic heterocycles. The van der Waals surface area contributed by atoms with Gasteiger partial charge in [0.25, 0.3) is 11.5 Å². The standard InChI is InChI=1S/C24H30N4O4S/c1-2-3-12-27-20(14-19-22(27)25-21-11-7-8-13-28(21)23(19)29)24(30)26-15-18(16-26)33(31,32)17-9-5-4-6-10-17/h7-8,11,13-14,17-18H,2-6,9-10,12,15-16H2,1H3. The van der Waals surface area contributed by atoms with Gasteiger partial charge in [-0.25, -0.2) is 13.4 Å². The van der Waals surface area contributed by atoms with Gasteiger partial charge in [-0.1, -0.05) is 38.7 Å². The van der Waals surface area contributed by atoms with Crippen molar-refractivity contribution in [1.29, 1.82) is 0 Å². The zero-order chi connectivity index (χ0) is 23.2. The number of carbonyl (C=O) groups is 1. The van der Waals surface area contributed by atoms with Crippen LogP contribution in [-0.4, -0.2) is 56.8 Å². The highest BCUT2D eigenvalue weighted by Gasteiger charge is 2.44. The number of hydrogen-bond donors (Lipinski definition) is 0. The molecule has 8 nitrogen and oxygen atoms in total. The molecule has 0 N–H and O–H groups in total. The SMILES string of the molecule is CCCCn1c(C(=O)N2CC(S(=O)(=O)C3CCCCC3)C2)cc2c(=O)n3ccccc3nc21. The van der Waals surface area contributed by atoms with E-state index in [9.17, 15) is 18.0 Å². The minimum absolute atomic E-state index is 0.207.